The van der Waals surface area contributed by atoms with E-state index in [9.17, 15) is 4.39 Å². The van der Waals surface area contributed by atoms with Crippen LogP contribution in [0.5, 0.6) is 5.88 Å². The Morgan fingerprint density at radius 3 is 2.52 bits per heavy atom. The molecule has 4 rings (SSSR count). The number of halogens is 1. The lowest BCUT2D eigenvalue weighted by Crippen LogP contribution is -2.31. The van der Waals surface area contributed by atoms with Crippen LogP contribution < -0.4 is 20.3 Å². The van der Waals surface area contributed by atoms with E-state index < -0.39 is 6.17 Å². The summed E-state index contributed by atoms with van der Waals surface area (Å²) in [4.78, 5) is 15.4. The number of hydrogen-bond acceptors (Lipinski definition) is 8. The third-order valence-electron chi connectivity index (χ3n) is 4.95. The summed E-state index contributed by atoms with van der Waals surface area (Å²) >= 11 is 0. The first-order chi connectivity index (χ1) is 14.6. The van der Waals surface area contributed by atoms with Crippen molar-refractivity contribution in [3.63, 3.8) is 0 Å². The van der Waals surface area contributed by atoms with Gasteiger partial charge in [-0.25, -0.2) is 9.37 Å². The fourth-order valence-electron chi connectivity index (χ4n) is 2.96. The Bertz CT molecular complexity index is 1020. The highest BCUT2D eigenvalue weighted by atomic mass is 19.1. The number of aromatic nitrogens is 6. The number of fused-ring (bicyclic) bond motifs is 1. The molecule has 0 radical (unpaired) electrons. The van der Waals surface area contributed by atoms with Gasteiger partial charge in [0.25, 0.3) is 5.88 Å². The molecule has 1 aliphatic heterocycles. The molecule has 4 heterocycles. The molecule has 31 heavy (non-hydrogen) atoms. The van der Waals surface area contributed by atoms with Crippen molar-refractivity contribution in [1.29, 1.82) is 0 Å². The number of rotatable bonds is 4. The predicted molar refractivity (Wildman–Crippen MR) is 120 cm³/mol. The Balaban J connectivity index is 0.000000401. The lowest BCUT2D eigenvalue weighted by Gasteiger charge is -2.16. The van der Waals surface area contributed by atoms with Crippen molar-refractivity contribution in [2.75, 3.05) is 37.5 Å². The zero-order valence-electron chi connectivity index (χ0n) is 19.3. The lowest BCUT2D eigenvalue weighted by atomic mass is 10.1. The number of hydrogen-bond donors (Lipinski definition) is 2. The summed E-state index contributed by atoms with van der Waals surface area (Å²) in [7, 11) is 7.18. The van der Waals surface area contributed by atoms with Crippen LogP contribution in [0.3, 0.4) is 0 Å². The van der Waals surface area contributed by atoms with Crippen LogP contribution in [-0.4, -0.2) is 68.3 Å². The molecular formula is C20H32FN9O. The second-order valence-corrected chi connectivity index (χ2v) is 8.58. The summed E-state index contributed by atoms with van der Waals surface area (Å²) in [6.07, 6.45) is 3.12. The summed E-state index contributed by atoms with van der Waals surface area (Å²) in [5, 5.41) is 10.5. The average molecular weight is 434 g/mol. The Labute approximate surface area is 181 Å². The van der Waals surface area contributed by atoms with E-state index in [-0.39, 0.29) is 0 Å². The third-order valence-corrected chi connectivity index (χ3v) is 4.95. The monoisotopic (exact) mass is 433 g/mol. The quantitative estimate of drug-likeness (QED) is 0.647. The van der Waals surface area contributed by atoms with Gasteiger partial charge in [0.05, 0.1) is 26.2 Å². The van der Waals surface area contributed by atoms with Crippen LogP contribution >= 0.6 is 0 Å². The molecule has 1 atom stereocenters. The lowest BCUT2D eigenvalue weighted by molar-refractivity contribution is 0.364. The first-order valence-electron chi connectivity index (χ1n) is 10.2. The van der Waals surface area contributed by atoms with E-state index in [0.717, 1.165) is 0 Å². The maximum atomic E-state index is 13.6. The van der Waals surface area contributed by atoms with Crippen molar-refractivity contribution in [1.82, 2.24) is 34.6 Å². The maximum absolute atomic E-state index is 13.6. The fraction of sp³-hybridized carbons (Fsp3) is 0.600. The molecule has 2 N–H and O–H groups in total. The number of nitrogens with zero attached hydrogens (tertiary/aromatic N) is 7. The molecule has 1 unspecified atom stereocenters. The number of imidazole rings is 1. The molecule has 3 aromatic rings. The Morgan fingerprint density at radius 2 is 1.94 bits per heavy atom. The third kappa shape index (κ3) is 5.40. The molecule has 3 aromatic heterocycles. The minimum atomic E-state index is -0.847. The van der Waals surface area contributed by atoms with Gasteiger partial charge in [-0.05, 0) is 34.2 Å². The fourth-order valence-corrected chi connectivity index (χ4v) is 2.96. The Kier molecular flexibility index (Phi) is 6.63. The van der Waals surface area contributed by atoms with Gasteiger partial charge in [-0.1, -0.05) is 0 Å². The minimum Gasteiger partial charge on any atom is -0.478 e. The molecular weight excluding hydrogens is 401 g/mol. The topological polar surface area (TPSA) is 97.9 Å². The van der Waals surface area contributed by atoms with Gasteiger partial charge in [-0.15, -0.1) is 5.10 Å². The number of anilines is 3. The summed E-state index contributed by atoms with van der Waals surface area (Å²) in [5.74, 6) is 1.48. The summed E-state index contributed by atoms with van der Waals surface area (Å²) in [5.41, 5.74) is 2.28. The molecule has 0 amide bonds. The number of ether oxygens (including phenoxy) is 1. The van der Waals surface area contributed by atoms with Crippen LogP contribution in [-0.2, 0) is 14.1 Å². The summed E-state index contributed by atoms with van der Waals surface area (Å²) in [6.45, 7) is 7.30. The first kappa shape index (κ1) is 22.7. The van der Waals surface area contributed by atoms with Crippen molar-refractivity contribution < 1.29 is 9.13 Å². The molecule has 0 bridgehead atoms. The molecule has 10 nitrogen and oxygen atoms in total. The Morgan fingerprint density at radius 1 is 1.23 bits per heavy atom. The highest BCUT2D eigenvalue weighted by Gasteiger charge is 2.26. The maximum Gasteiger partial charge on any atom is 0.256 e. The van der Waals surface area contributed by atoms with Crippen LogP contribution in [0.4, 0.5) is 21.8 Å². The SMILES string of the molecule is CNC(C)(C)C.COc1nn(C)cc1Nc1nc(N2CCC(F)C2)nc2c1ncn2C. The standard InChI is InChI=1S/C15H19FN8O.C5H13N/c1-22-8-17-11-12(18-10-7-23(2)21-14(10)25-3)19-15(20-13(11)22)24-5-4-9(16)6-24;1-5(2,3)6-4/h7-9H,4-6H2,1-3H3,(H,18,19,20);6H,1-4H3. The first-order valence-corrected chi connectivity index (χ1v) is 10.2. The number of aryl methyl sites for hydroxylation is 2. The van der Waals surface area contributed by atoms with Crippen LogP contribution in [0, 0.1) is 0 Å². The second-order valence-electron chi connectivity index (χ2n) is 8.58. The molecule has 0 saturated carbocycles. The van der Waals surface area contributed by atoms with Gasteiger partial charge in [0.1, 0.15) is 11.9 Å². The largest absolute Gasteiger partial charge is 0.478 e. The van der Waals surface area contributed by atoms with E-state index in [0.29, 0.717) is 59.5 Å². The van der Waals surface area contributed by atoms with Gasteiger partial charge in [0.15, 0.2) is 17.0 Å². The van der Waals surface area contributed by atoms with Crippen LogP contribution in [0.1, 0.15) is 27.2 Å². The normalized spacial score (nSPS) is 16.4. The number of alkyl halides is 1. The van der Waals surface area contributed by atoms with Gasteiger partial charge in [-0.2, -0.15) is 9.97 Å². The molecule has 0 aliphatic carbocycles. The van der Waals surface area contributed by atoms with Gasteiger partial charge in [-0.3, -0.25) is 4.68 Å². The summed E-state index contributed by atoms with van der Waals surface area (Å²) in [6, 6.07) is 0. The van der Waals surface area contributed by atoms with Crippen LogP contribution in [0.15, 0.2) is 12.5 Å². The molecule has 1 aliphatic rings. The summed E-state index contributed by atoms with van der Waals surface area (Å²) < 4.78 is 22.3. The van der Waals surface area contributed by atoms with Gasteiger partial charge >= 0.3 is 0 Å². The zero-order chi connectivity index (χ0) is 22.8. The van der Waals surface area contributed by atoms with E-state index in [2.05, 4.69) is 51.5 Å². The van der Waals surface area contributed by atoms with E-state index in [1.54, 1.807) is 31.4 Å². The van der Waals surface area contributed by atoms with Crippen molar-refractivity contribution in [2.45, 2.75) is 38.9 Å². The van der Waals surface area contributed by atoms with Gasteiger partial charge in [0.2, 0.25) is 5.95 Å². The predicted octanol–water partition coefficient (Wildman–Crippen LogP) is 2.40. The molecule has 0 spiro atoms. The molecule has 170 valence electrons. The van der Waals surface area contributed by atoms with Gasteiger partial charge < -0.3 is 24.8 Å². The van der Waals surface area contributed by atoms with E-state index in [1.807, 2.05) is 23.6 Å². The number of nitrogens with one attached hydrogen (secondary N) is 2. The zero-order valence-corrected chi connectivity index (χ0v) is 19.3. The molecule has 0 aromatic carbocycles. The second kappa shape index (κ2) is 9.04. The van der Waals surface area contributed by atoms with Crippen LogP contribution in [0.25, 0.3) is 11.2 Å². The smallest absolute Gasteiger partial charge is 0.256 e. The number of methoxy groups -OCH3 is 1. The van der Waals surface area contributed by atoms with Crippen molar-refractivity contribution in [3.8, 4) is 5.88 Å². The van der Waals surface area contributed by atoms with Crippen molar-refractivity contribution >= 4 is 28.6 Å². The highest BCUT2D eigenvalue weighted by molar-refractivity contribution is 5.87. The molecule has 1 saturated heterocycles. The highest BCUT2D eigenvalue weighted by Crippen LogP contribution is 2.30. The Hall–Kier alpha value is -2.95. The van der Waals surface area contributed by atoms with E-state index in [4.69, 9.17) is 4.74 Å². The van der Waals surface area contributed by atoms with E-state index >= 15 is 0 Å². The van der Waals surface area contributed by atoms with Gasteiger partial charge in [0, 0.05) is 26.2 Å². The average Bonchev–Trinajstić information content (AvgIpc) is 3.41. The molecule has 11 heteroatoms. The molecule has 1 fully saturated rings. The minimum absolute atomic E-state index is 0.292. The van der Waals surface area contributed by atoms with Crippen LogP contribution in [0.2, 0.25) is 0 Å². The van der Waals surface area contributed by atoms with E-state index in [1.165, 1.54) is 0 Å². The van der Waals surface area contributed by atoms with Crippen molar-refractivity contribution in [2.24, 2.45) is 14.1 Å². The van der Waals surface area contributed by atoms with Crippen molar-refractivity contribution in [3.05, 3.63) is 12.5 Å².